The lowest BCUT2D eigenvalue weighted by Gasteiger charge is -2.11. The molecular weight excluding hydrogens is 308 g/mol. The third kappa shape index (κ3) is 2.39. The van der Waals surface area contributed by atoms with Crippen LogP contribution in [0.15, 0.2) is 29.1 Å². The van der Waals surface area contributed by atoms with E-state index >= 15 is 0 Å². The number of hydrogen-bond donors (Lipinski definition) is 2. The maximum absolute atomic E-state index is 12.7. The monoisotopic (exact) mass is 326 g/mol. The SMILES string of the molecule is Cc1ccc(Nc2nc3sc4c(c3c(=O)n2N)CCCC4)cc1. The molecule has 1 aromatic carbocycles. The van der Waals surface area contributed by atoms with Gasteiger partial charge in [0.2, 0.25) is 5.95 Å². The lowest BCUT2D eigenvalue weighted by Crippen LogP contribution is -2.30. The number of anilines is 2. The standard InChI is InChI=1S/C17H18N4OS/c1-10-6-8-11(9-7-10)19-17-20-15-14(16(22)21(17)18)12-4-2-3-5-13(12)23-15/h6-9H,2-5,18H2,1H3,(H,19,20). The van der Waals surface area contributed by atoms with Crippen LogP contribution in [0.3, 0.4) is 0 Å². The summed E-state index contributed by atoms with van der Waals surface area (Å²) in [5, 5.41) is 3.86. The average molecular weight is 326 g/mol. The summed E-state index contributed by atoms with van der Waals surface area (Å²) in [6.45, 7) is 2.03. The number of aryl methyl sites for hydroxylation is 3. The second-order valence-corrected chi connectivity index (χ2v) is 7.08. The van der Waals surface area contributed by atoms with Crippen LogP contribution >= 0.6 is 11.3 Å². The number of benzene rings is 1. The second kappa shape index (κ2) is 5.38. The summed E-state index contributed by atoms with van der Waals surface area (Å²) >= 11 is 1.63. The Bertz CT molecular complexity index is 940. The molecule has 6 heteroatoms. The lowest BCUT2D eigenvalue weighted by molar-refractivity contribution is 0.699. The smallest absolute Gasteiger partial charge is 0.282 e. The van der Waals surface area contributed by atoms with Gasteiger partial charge in [-0.2, -0.15) is 4.68 Å². The average Bonchev–Trinajstić information content (AvgIpc) is 2.92. The van der Waals surface area contributed by atoms with Gasteiger partial charge in [0.05, 0.1) is 5.39 Å². The maximum atomic E-state index is 12.7. The molecule has 5 nitrogen and oxygen atoms in total. The molecule has 0 radical (unpaired) electrons. The first-order valence-corrected chi connectivity index (χ1v) is 8.61. The van der Waals surface area contributed by atoms with E-state index in [-0.39, 0.29) is 5.56 Å². The van der Waals surface area contributed by atoms with Crippen molar-refractivity contribution in [2.45, 2.75) is 32.6 Å². The zero-order valence-electron chi connectivity index (χ0n) is 12.9. The molecule has 23 heavy (non-hydrogen) atoms. The van der Waals surface area contributed by atoms with Gasteiger partial charge in [-0.1, -0.05) is 17.7 Å². The third-order valence-corrected chi connectivity index (χ3v) is 5.51. The molecule has 0 atom stereocenters. The number of nitrogen functional groups attached to an aromatic ring is 1. The minimum atomic E-state index is -0.163. The van der Waals surface area contributed by atoms with Crippen LogP contribution in [-0.2, 0) is 12.8 Å². The van der Waals surface area contributed by atoms with Gasteiger partial charge in [0.25, 0.3) is 5.56 Å². The molecule has 4 rings (SSSR count). The number of hydrogen-bond acceptors (Lipinski definition) is 5. The first-order chi connectivity index (χ1) is 11.1. The van der Waals surface area contributed by atoms with Gasteiger partial charge < -0.3 is 11.2 Å². The minimum Gasteiger partial charge on any atom is -0.333 e. The molecule has 118 valence electrons. The first-order valence-electron chi connectivity index (χ1n) is 7.79. The van der Waals surface area contributed by atoms with E-state index in [1.54, 1.807) is 11.3 Å². The summed E-state index contributed by atoms with van der Waals surface area (Å²) < 4.78 is 1.13. The van der Waals surface area contributed by atoms with Crippen molar-refractivity contribution in [2.75, 3.05) is 11.2 Å². The molecule has 3 aromatic rings. The third-order valence-electron chi connectivity index (χ3n) is 4.33. The Hall–Kier alpha value is -2.34. The molecule has 1 aliphatic carbocycles. The van der Waals surface area contributed by atoms with Gasteiger partial charge in [0.15, 0.2) is 0 Å². The van der Waals surface area contributed by atoms with Crippen molar-refractivity contribution >= 4 is 33.2 Å². The molecule has 0 fully saturated rings. The van der Waals surface area contributed by atoms with E-state index in [0.717, 1.165) is 40.0 Å². The molecular formula is C17H18N4OS. The van der Waals surface area contributed by atoms with Crippen LogP contribution < -0.4 is 16.7 Å². The molecule has 0 spiro atoms. The molecule has 0 bridgehead atoms. The number of aromatic nitrogens is 2. The van der Waals surface area contributed by atoms with E-state index in [1.807, 2.05) is 31.2 Å². The highest BCUT2D eigenvalue weighted by atomic mass is 32.1. The van der Waals surface area contributed by atoms with Crippen LogP contribution in [0.25, 0.3) is 10.2 Å². The highest BCUT2D eigenvalue weighted by Gasteiger charge is 2.21. The summed E-state index contributed by atoms with van der Waals surface area (Å²) in [6.07, 6.45) is 4.31. The largest absolute Gasteiger partial charge is 0.333 e. The van der Waals surface area contributed by atoms with Gasteiger partial charge in [-0.3, -0.25) is 4.79 Å². The Kier molecular flexibility index (Phi) is 3.34. The molecule has 1 aliphatic rings. The van der Waals surface area contributed by atoms with Crippen LogP contribution in [0.5, 0.6) is 0 Å². The second-order valence-electron chi connectivity index (χ2n) is 5.99. The summed E-state index contributed by atoms with van der Waals surface area (Å²) in [7, 11) is 0. The van der Waals surface area contributed by atoms with Gasteiger partial charge in [-0.05, 0) is 50.3 Å². The fourth-order valence-corrected chi connectivity index (χ4v) is 4.32. The summed E-state index contributed by atoms with van der Waals surface area (Å²) in [5.74, 6) is 6.38. The quantitative estimate of drug-likeness (QED) is 0.710. The highest BCUT2D eigenvalue weighted by molar-refractivity contribution is 7.18. The van der Waals surface area contributed by atoms with E-state index in [1.165, 1.54) is 16.9 Å². The van der Waals surface area contributed by atoms with Crippen molar-refractivity contribution in [1.82, 2.24) is 9.66 Å². The van der Waals surface area contributed by atoms with Crippen LogP contribution in [0, 0.1) is 6.92 Å². The topological polar surface area (TPSA) is 72.9 Å². The Morgan fingerprint density at radius 2 is 1.96 bits per heavy atom. The fraction of sp³-hybridized carbons (Fsp3) is 0.294. The van der Waals surface area contributed by atoms with Gasteiger partial charge in [0.1, 0.15) is 4.83 Å². The number of fused-ring (bicyclic) bond motifs is 3. The zero-order chi connectivity index (χ0) is 16.0. The Balaban J connectivity index is 1.83. The Labute approximate surface area is 137 Å². The first kappa shape index (κ1) is 14.3. The van der Waals surface area contributed by atoms with E-state index in [0.29, 0.717) is 11.3 Å². The van der Waals surface area contributed by atoms with Crippen molar-refractivity contribution in [3.63, 3.8) is 0 Å². The summed E-state index contributed by atoms with van der Waals surface area (Å²) in [4.78, 5) is 19.4. The lowest BCUT2D eigenvalue weighted by atomic mass is 9.97. The van der Waals surface area contributed by atoms with E-state index < -0.39 is 0 Å². The van der Waals surface area contributed by atoms with Gasteiger partial charge >= 0.3 is 0 Å². The van der Waals surface area contributed by atoms with Crippen LogP contribution in [0.4, 0.5) is 11.6 Å². The summed E-state index contributed by atoms with van der Waals surface area (Å²) in [5.41, 5.74) is 3.04. The highest BCUT2D eigenvalue weighted by Crippen LogP contribution is 2.34. The van der Waals surface area contributed by atoms with Crippen molar-refractivity contribution in [1.29, 1.82) is 0 Å². The number of nitrogens with one attached hydrogen (secondary N) is 1. The van der Waals surface area contributed by atoms with Gasteiger partial charge in [-0.25, -0.2) is 4.98 Å². The number of rotatable bonds is 2. The molecule has 0 saturated carbocycles. The van der Waals surface area contributed by atoms with Crippen LogP contribution in [0.2, 0.25) is 0 Å². The Morgan fingerprint density at radius 3 is 2.74 bits per heavy atom. The molecule has 2 aromatic heterocycles. The van der Waals surface area contributed by atoms with Gasteiger partial charge in [-0.15, -0.1) is 11.3 Å². The molecule has 0 amide bonds. The number of thiophene rings is 1. The minimum absolute atomic E-state index is 0.163. The van der Waals surface area contributed by atoms with Crippen molar-refractivity contribution in [2.24, 2.45) is 0 Å². The summed E-state index contributed by atoms with van der Waals surface area (Å²) in [6, 6.07) is 7.91. The molecule has 0 unspecified atom stereocenters. The van der Waals surface area contributed by atoms with Crippen molar-refractivity contribution in [3.8, 4) is 0 Å². The normalized spacial score (nSPS) is 14.0. The van der Waals surface area contributed by atoms with Crippen LogP contribution in [0.1, 0.15) is 28.8 Å². The molecule has 3 N–H and O–H groups in total. The zero-order valence-corrected chi connectivity index (χ0v) is 13.7. The van der Waals surface area contributed by atoms with Crippen molar-refractivity contribution < 1.29 is 0 Å². The predicted molar refractivity (Wildman–Crippen MR) is 95.1 cm³/mol. The number of nitrogens with two attached hydrogens (primary N) is 1. The van der Waals surface area contributed by atoms with Crippen LogP contribution in [-0.4, -0.2) is 9.66 Å². The molecule has 0 aliphatic heterocycles. The molecule has 0 saturated heterocycles. The fourth-order valence-electron chi connectivity index (χ4n) is 3.07. The van der Waals surface area contributed by atoms with E-state index in [9.17, 15) is 4.79 Å². The Morgan fingerprint density at radius 1 is 1.22 bits per heavy atom. The number of nitrogens with zero attached hydrogens (tertiary/aromatic N) is 2. The van der Waals surface area contributed by atoms with E-state index in [4.69, 9.17) is 5.84 Å². The molecule has 2 heterocycles. The van der Waals surface area contributed by atoms with Gasteiger partial charge in [0, 0.05) is 10.6 Å². The van der Waals surface area contributed by atoms with Crippen molar-refractivity contribution in [3.05, 3.63) is 50.6 Å². The maximum Gasteiger partial charge on any atom is 0.282 e. The predicted octanol–water partition coefficient (Wildman–Crippen LogP) is 3.10. The van der Waals surface area contributed by atoms with E-state index in [2.05, 4.69) is 10.3 Å².